The zero-order valence-corrected chi connectivity index (χ0v) is 10.4. The van der Waals surface area contributed by atoms with Gasteiger partial charge in [0, 0.05) is 23.7 Å². The molecule has 0 unspecified atom stereocenters. The van der Waals surface area contributed by atoms with Crippen LogP contribution in [0.25, 0.3) is 0 Å². The van der Waals surface area contributed by atoms with E-state index in [0.717, 1.165) is 17.4 Å². The first-order valence-corrected chi connectivity index (χ1v) is 5.65. The average Bonchev–Trinajstić information content (AvgIpc) is 2.72. The van der Waals surface area contributed by atoms with E-state index in [2.05, 4.69) is 40.9 Å². The fourth-order valence-corrected chi connectivity index (χ4v) is 2.49. The molecule has 0 atom stereocenters. The number of hydrogen-bond donors (Lipinski definition) is 1. The van der Waals surface area contributed by atoms with Crippen LogP contribution in [0.4, 0.5) is 0 Å². The zero-order chi connectivity index (χ0) is 10.6. The van der Waals surface area contributed by atoms with Gasteiger partial charge in [0.2, 0.25) is 0 Å². The number of halogens is 1. The molecule has 78 valence electrons. The molecule has 1 aromatic rings. The van der Waals surface area contributed by atoms with E-state index in [1.54, 1.807) is 0 Å². The molecule has 14 heavy (non-hydrogen) atoms. The van der Waals surface area contributed by atoms with Crippen LogP contribution in [0.5, 0.6) is 0 Å². The van der Waals surface area contributed by atoms with E-state index in [9.17, 15) is 0 Å². The predicted molar refractivity (Wildman–Crippen MR) is 60.1 cm³/mol. The molecule has 0 bridgehead atoms. The molecular formula is C10H16BrN3. The monoisotopic (exact) mass is 257 g/mol. The van der Waals surface area contributed by atoms with E-state index in [1.807, 2.05) is 11.7 Å². The molecule has 1 aliphatic carbocycles. The van der Waals surface area contributed by atoms with Gasteiger partial charge in [0.25, 0.3) is 0 Å². The summed E-state index contributed by atoms with van der Waals surface area (Å²) < 4.78 is 2.80. The summed E-state index contributed by atoms with van der Waals surface area (Å²) in [5, 5.41) is 4.30. The van der Waals surface area contributed by atoms with Crippen LogP contribution in [0.3, 0.4) is 0 Å². The molecule has 1 aliphatic rings. The molecule has 4 heteroatoms. The largest absolute Gasteiger partial charge is 0.324 e. The second kappa shape index (κ2) is 2.83. The summed E-state index contributed by atoms with van der Waals surface area (Å²) in [5.74, 6) is 0. The Hall–Kier alpha value is -0.350. The molecule has 0 aliphatic heterocycles. The number of aryl methyl sites for hydroxylation is 1. The highest BCUT2D eigenvalue weighted by molar-refractivity contribution is 9.10. The number of aromatic nitrogens is 2. The SMILES string of the molecule is Cn1nc(Br)cc1C(C)(C)C1(N)CC1. The second-order valence-corrected chi connectivity index (χ2v) is 5.57. The first kappa shape index (κ1) is 10.2. The van der Waals surface area contributed by atoms with E-state index in [1.165, 1.54) is 5.69 Å². The van der Waals surface area contributed by atoms with Crippen LogP contribution in [0.15, 0.2) is 10.7 Å². The van der Waals surface area contributed by atoms with Crippen molar-refractivity contribution in [3.63, 3.8) is 0 Å². The highest BCUT2D eigenvalue weighted by Gasteiger charge is 2.53. The van der Waals surface area contributed by atoms with Gasteiger partial charge in [-0.05, 0) is 34.8 Å². The summed E-state index contributed by atoms with van der Waals surface area (Å²) in [6.07, 6.45) is 2.23. The molecule has 3 nitrogen and oxygen atoms in total. The maximum absolute atomic E-state index is 6.28. The van der Waals surface area contributed by atoms with Crippen molar-refractivity contribution in [2.45, 2.75) is 37.6 Å². The summed E-state index contributed by atoms with van der Waals surface area (Å²) in [6.45, 7) is 4.40. The second-order valence-electron chi connectivity index (χ2n) is 4.76. The third-order valence-corrected chi connectivity index (χ3v) is 3.91. The molecule has 1 aromatic heterocycles. The smallest absolute Gasteiger partial charge is 0.128 e. The van der Waals surface area contributed by atoms with E-state index < -0.39 is 0 Å². The Morgan fingerprint density at radius 1 is 1.57 bits per heavy atom. The molecule has 1 saturated carbocycles. The van der Waals surface area contributed by atoms with Crippen molar-refractivity contribution in [3.8, 4) is 0 Å². The molecule has 0 spiro atoms. The van der Waals surface area contributed by atoms with Crippen molar-refractivity contribution < 1.29 is 0 Å². The van der Waals surface area contributed by atoms with Crippen LogP contribution >= 0.6 is 15.9 Å². The molecule has 1 heterocycles. The summed E-state index contributed by atoms with van der Waals surface area (Å²) in [7, 11) is 1.97. The minimum absolute atomic E-state index is 0.000764. The Morgan fingerprint density at radius 3 is 2.50 bits per heavy atom. The predicted octanol–water partition coefficient (Wildman–Crippen LogP) is 1.95. The van der Waals surface area contributed by atoms with Crippen LogP contribution in [0.2, 0.25) is 0 Å². The standard InChI is InChI=1S/C10H16BrN3/c1-9(2,10(12)4-5-10)7-6-8(11)13-14(7)3/h6H,4-5,12H2,1-3H3. The van der Waals surface area contributed by atoms with Gasteiger partial charge in [0.15, 0.2) is 0 Å². The molecule has 0 saturated heterocycles. The van der Waals surface area contributed by atoms with Crippen LogP contribution in [0, 0.1) is 0 Å². The molecule has 0 amide bonds. The molecule has 1 fully saturated rings. The fraction of sp³-hybridized carbons (Fsp3) is 0.700. The van der Waals surface area contributed by atoms with Gasteiger partial charge < -0.3 is 5.73 Å². The van der Waals surface area contributed by atoms with E-state index in [0.29, 0.717) is 0 Å². The normalized spacial score (nSPS) is 19.8. The van der Waals surface area contributed by atoms with Gasteiger partial charge in [-0.15, -0.1) is 0 Å². The highest BCUT2D eigenvalue weighted by Crippen LogP contribution is 2.49. The summed E-state index contributed by atoms with van der Waals surface area (Å²) in [6, 6.07) is 2.06. The van der Waals surface area contributed by atoms with Crippen LogP contribution < -0.4 is 5.73 Å². The van der Waals surface area contributed by atoms with Crippen LogP contribution in [-0.2, 0) is 12.5 Å². The number of nitrogens with two attached hydrogens (primary N) is 1. The lowest BCUT2D eigenvalue weighted by molar-refractivity contribution is 0.365. The third kappa shape index (κ3) is 1.32. The number of nitrogens with zero attached hydrogens (tertiary/aromatic N) is 2. The Kier molecular flexibility index (Phi) is 2.05. The van der Waals surface area contributed by atoms with Gasteiger partial charge in [-0.2, -0.15) is 5.10 Å². The van der Waals surface area contributed by atoms with Gasteiger partial charge >= 0.3 is 0 Å². The molecule has 2 rings (SSSR count). The highest BCUT2D eigenvalue weighted by atomic mass is 79.9. The van der Waals surface area contributed by atoms with Gasteiger partial charge in [-0.3, -0.25) is 4.68 Å². The summed E-state index contributed by atoms with van der Waals surface area (Å²) >= 11 is 3.39. The van der Waals surface area contributed by atoms with Crippen molar-refractivity contribution in [3.05, 3.63) is 16.4 Å². The van der Waals surface area contributed by atoms with Gasteiger partial charge in [0.05, 0.1) is 0 Å². The lowest BCUT2D eigenvalue weighted by atomic mass is 9.79. The minimum atomic E-state index is -0.0275. The Morgan fingerprint density at radius 2 is 2.14 bits per heavy atom. The molecule has 0 aromatic carbocycles. The van der Waals surface area contributed by atoms with Crippen molar-refractivity contribution in [2.24, 2.45) is 12.8 Å². The molecular weight excluding hydrogens is 242 g/mol. The Labute approximate surface area is 92.8 Å². The van der Waals surface area contributed by atoms with Gasteiger partial charge in [-0.1, -0.05) is 13.8 Å². The first-order chi connectivity index (χ1) is 6.37. The maximum Gasteiger partial charge on any atom is 0.128 e. The zero-order valence-electron chi connectivity index (χ0n) is 8.84. The van der Waals surface area contributed by atoms with Crippen molar-refractivity contribution in [1.29, 1.82) is 0 Å². The maximum atomic E-state index is 6.28. The number of rotatable bonds is 2. The van der Waals surface area contributed by atoms with Crippen molar-refractivity contribution in [1.82, 2.24) is 9.78 Å². The average molecular weight is 258 g/mol. The lowest BCUT2D eigenvalue weighted by Gasteiger charge is -2.31. The Bertz CT molecular complexity index is 363. The van der Waals surface area contributed by atoms with E-state index >= 15 is 0 Å². The van der Waals surface area contributed by atoms with Gasteiger partial charge in [-0.25, -0.2) is 0 Å². The minimum Gasteiger partial charge on any atom is -0.324 e. The van der Waals surface area contributed by atoms with Crippen molar-refractivity contribution >= 4 is 15.9 Å². The lowest BCUT2D eigenvalue weighted by Crippen LogP contribution is -2.44. The Balaban J connectivity index is 2.43. The van der Waals surface area contributed by atoms with E-state index in [-0.39, 0.29) is 11.0 Å². The van der Waals surface area contributed by atoms with E-state index in [4.69, 9.17) is 5.73 Å². The molecule has 0 radical (unpaired) electrons. The molecule has 2 N–H and O–H groups in total. The topological polar surface area (TPSA) is 43.8 Å². The van der Waals surface area contributed by atoms with Gasteiger partial charge in [0.1, 0.15) is 4.60 Å². The fourth-order valence-electron chi connectivity index (χ4n) is 2.03. The first-order valence-electron chi connectivity index (χ1n) is 4.86. The van der Waals surface area contributed by atoms with Crippen molar-refractivity contribution in [2.75, 3.05) is 0 Å². The number of hydrogen-bond acceptors (Lipinski definition) is 2. The van der Waals surface area contributed by atoms with Crippen LogP contribution in [-0.4, -0.2) is 15.3 Å². The van der Waals surface area contributed by atoms with Crippen LogP contribution in [0.1, 0.15) is 32.4 Å². The summed E-state index contributed by atoms with van der Waals surface area (Å²) in [4.78, 5) is 0. The third-order valence-electron chi connectivity index (χ3n) is 3.52. The quantitative estimate of drug-likeness (QED) is 0.881. The summed E-state index contributed by atoms with van der Waals surface area (Å²) in [5.41, 5.74) is 7.45.